The lowest BCUT2D eigenvalue weighted by Gasteiger charge is -2.29. The standard InChI is InChI=1S/C17H31NO3S/c1-2-3-5-14-7-9-15(10-8-14)12-18-17(19)16-6-4-11-22(20,21)13-16/h14-16H,2-13H2,1H3,(H,18,19). The first kappa shape index (κ1) is 17.8. The fourth-order valence-electron chi connectivity index (χ4n) is 3.84. The minimum absolute atomic E-state index is 0.0442. The molecule has 1 unspecified atom stereocenters. The van der Waals surface area contributed by atoms with Gasteiger partial charge in [-0.2, -0.15) is 0 Å². The fraction of sp³-hybridized carbons (Fsp3) is 0.941. The smallest absolute Gasteiger partial charge is 0.224 e. The first-order valence-corrected chi connectivity index (χ1v) is 10.8. The molecule has 0 aromatic heterocycles. The van der Waals surface area contributed by atoms with Gasteiger partial charge in [-0.25, -0.2) is 8.42 Å². The van der Waals surface area contributed by atoms with Crippen molar-refractivity contribution < 1.29 is 13.2 Å². The van der Waals surface area contributed by atoms with Gasteiger partial charge in [0, 0.05) is 6.54 Å². The van der Waals surface area contributed by atoms with E-state index in [1.807, 2.05) is 0 Å². The number of amides is 1. The van der Waals surface area contributed by atoms with Crippen LogP contribution in [-0.2, 0) is 14.6 Å². The lowest BCUT2D eigenvalue weighted by Crippen LogP contribution is -2.40. The lowest BCUT2D eigenvalue weighted by atomic mass is 9.80. The number of carbonyl (C=O) groups is 1. The van der Waals surface area contributed by atoms with E-state index in [0.717, 1.165) is 18.9 Å². The summed E-state index contributed by atoms with van der Waals surface area (Å²) in [6.07, 6.45) is 10.3. The van der Waals surface area contributed by atoms with E-state index >= 15 is 0 Å². The summed E-state index contributed by atoms with van der Waals surface area (Å²) in [5.41, 5.74) is 0. The van der Waals surface area contributed by atoms with E-state index in [1.165, 1.54) is 44.9 Å². The van der Waals surface area contributed by atoms with Gasteiger partial charge in [0.1, 0.15) is 0 Å². The maximum absolute atomic E-state index is 12.2. The third-order valence-electron chi connectivity index (χ3n) is 5.33. The largest absolute Gasteiger partial charge is 0.356 e. The van der Waals surface area contributed by atoms with Crippen molar-refractivity contribution in [1.82, 2.24) is 5.32 Å². The summed E-state index contributed by atoms with van der Waals surface area (Å²) in [5, 5.41) is 3.01. The van der Waals surface area contributed by atoms with Crippen molar-refractivity contribution in [2.75, 3.05) is 18.1 Å². The van der Waals surface area contributed by atoms with Crippen LogP contribution in [0.3, 0.4) is 0 Å². The maximum atomic E-state index is 12.2. The molecule has 0 bridgehead atoms. The van der Waals surface area contributed by atoms with Crippen molar-refractivity contribution in [3.63, 3.8) is 0 Å². The molecule has 2 rings (SSSR count). The van der Waals surface area contributed by atoms with E-state index < -0.39 is 9.84 Å². The van der Waals surface area contributed by atoms with Gasteiger partial charge in [0.15, 0.2) is 9.84 Å². The molecule has 0 spiro atoms. The molecule has 2 aliphatic rings. The fourth-order valence-corrected chi connectivity index (χ4v) is 5.54. The van der Waals surface area contributed by atoms with Gasteiger partial charge in [0.2, 0.25) is 5.91 Å². The molecule has 22 heavy (non-hydrogen) atoms. The van der Waals surface area contributed by atoms with E-state index in [9.17, 15) is 13.2 Å². The summed E-state index contributed by atoms with van der Waals surface area (Å²) in [4.78, 5) is 12.2. The summed E-state index contributed by atoms with van der Waals surface area (Å²) in [6, 6.07) is 0. The zero-order valence-corrected chi connectivity index (χ0v) is 14.7. The average Bonchev–Trinajstić information content (AvgIpc) is 2.50. The molecule has 1 atom stereocenters. The maximum Gasteiger partial charge on any atom is 0.224 e. The zero-order valence-electron chi connectivity index (χ0n) is 13.9. The van der Waals surface area contributed by atoms with Crippen LogP contribution in [0.4, 0.5) is 0 Å². The summed E-state index contributed by atoms with van der Waals surface area (Å²) in [5.74, 6) is 1.40. The highest BCUT2D eigenvalue weighted by molar-refractivity contribution is 7.91. The summed E-state index contributed by atoms with van der Waals surface area (Å²) >= 11 is 0. The Bertz CT molecular complexity index is 453. The van der Waals surface area contributed by atoms with Crippen LogP contribution in [0.25, 0.3) is 0 Å². The minimum atomic E-state index is -3.00. The summed E-state index contributed by atoms with van der Waals surface area (Å²) in [7, 11) is -3.00. The lowest BCUT2D eigenvalue weighted by molar-refractivity contribution is -0.124. The Kier molecular flexibility index (Phi) is 6.72. The van der Waals surface area contributed by atoms with Crippen molar-refractivity contribution in [2.45, 2.75) is 64.7 Å². The highest BCUT2D eigenvalue weighted by Gasteiger charge is 2.30. The van der Waals surface area contributed by atoms with Gasteiger partial charge in [-0.15, -0.1) is 0 Å². The molecule has 4 nitrogen and oxygen atoms in total. The van der Waals surface area contributed by atoms with Gasteiger partial charge in [-0.05, 0) is 37.5 Å². The second kappa shape index (κ2) is 8.32. The van der Waals surface area contributed by atoms with Crippen LogP contribution in [0.15, 0.2) is 0 Å². The van der Waals surface area contributed by atoms with Crippen LogP contribution in [-0.4, -0.2) is 32.4 Å². The molecule has 1 N–H and O–H groups in total. The molecule has 2 fully saturated rings. The van der Waals surface area contributed by atoms with Crippen LogP contribution in [0.1, 0.15) is 64.7 Å². The highest BCUT2D eigenvalue weighted by atomic mass is 32.2. The third-order valence-corrected chi connectivity index (χ3v) is 7.15. The molecular weight excluding hydrogens is 298 g/mol. The van der Waals surface area contributed by atoms with E-state index in [2.05, 4.69) is 12.2 Å². The van der Waals surface area contributed by atoms with Gasteiger partial charge in [0.05, 0.1) is 17.4 Å². The molecule has 1 aliphatic heterocycles. The minimum Gasteiger partial charge on any atom is -0.356 e. The SMILES string of the molecule is CCCCC1CCC(CNC(=O)C2CCCS(=O)(=O)C2)CC1. The Labute approximate surface area is 135 Å². The van der Waals surface area contributed by atoms with E-state index in [1.54, 1.807) is 0 Å². The van der Waals surface area contributed by atoms with Crippen LogP contribution >= 0.6 is 0 Å². The van der Waals surface area contributed by atoms with Gasteiger partial charge in [-0.1, -0.05) is 39.0 Å². The molecule has 1 aliphatic carbocycles. The zero-order chi connectivity index (χ0) is 16.0. The topological polar surface area (TPSA) is 63.2 Å². The molecule has 0 radical (unpaired) electrons. The molecule has 1 heterocycles. The van der Waals surface area contributed by atoms with Gasteiger partial charge >= 0.3 is 0 Å². The number of hydrogen-bond acceptors (Lipinski definition) is 3. The molecular formula is C17H31NO3S. The first-order valence-electron chi connectivity index (χ1n) is 8.98. The number of nitrogens with one attached hydrogen (secondary N) is 1. The van der Waals surface area contributed by atoms with Crippen molar-refractivity contribution in [3.8, 4) is 0 Å². The van der Waals surface area contributed by atoms with E-state index in [0.29, 0.717) is 12.3 Å². The average molecular weight is 330 g/mol. The van der Waals surface area contributed by atoms with Gasteiger partial charge in [0.25, 0.3) is 0 Å². The molecule has 1 saturated heterocycles. The second-order valence-electron chi connectivity index (χ2n) is 7.23. The molecule has 1 amide bonds. The number of sulfone groups is 1. The molecule has 0 aromatic carbocycles. The number of unbranched alkanes of at least 4 members (excludes halogenated alkanes) is 1. The Balaban J connectivity index is 1.67. The predicted octanol–water partition coefficient (Wildman–Crippen LogP) is 2.92. The van der Waals surface area contributed by atoms with Gasteiger partial charge in [-0.3, -0.25) is 4.79 Å². The number of rotatable bonds is 6. The van der Waals surface area contributed by atoms with Crippen LogP contribution in [0.2, 0.25) is 0 Å². The molecule has 1 saturated carbocycles. The Hall–Kier alpha value is -0.580. The monoisotopic (exact) mass is 329 g/mol. The van der Waals surface area contributed by atoms with Crippen LogP contribution in [0.5, 0.6) is 0 Å². The predicted molar refractivity (Wildman–Crippen MR) is 89.4 cm³/mol. The van der Waals surface area contributed by atoms with Crippen molar-refractivity contribution >= 4 is 15.7 Å². The Morgan fingerprint density at radius 3 is 2.41 bits per heavy atom. The molecule has 0 aromatic rings. The summed E-state index contributed by atoms with van der Waals surface area (Å²) < 4.78 is 23.2. The summed E-state index contributed by atoms with van der Waals surface area (Å²) in [6.45, 7) is 2.97. The third kappa shape index (κ3) is 5.56. The number of hydrogen-bond donors (Lipinski definition) is 1. The van der Waals surface area contributed by atoms with Crippen LogP contribution < -0.4 is 5.32 Å². The van der Waals surface area contributed by atoms with E-state index in [4.69, 9.17) is 0 Å². The Morgan fingerprint density at radius 1 is 1.09 bits per heavy atom. The van der Waals surface area contributed by atoms with Gasteiger partial charge < -0.3 is 5.32 Å². The second-order valence-corrected chi connectivity index (χ2v) is 9.46. The van der Waals surface area contributed by atoms with Crippen molar-refractivity contribution in [2.24, 2.45) is 17.8 Å². The highest BCUT2D eigenvalue weighted by Crippen LogP contribution is 2.31. The molecule has 128 valence electrons. The van der Waals surface area contributed by atoms with Crippen molar-refractivity contribution in [1.29, 1.82) is 0 Å². The van der Waals surface area contributed by atoms with Crippen molar-refractivity contribution in [3.05, 3.63) is 0 Å². The molecule has 5 heteroatoms. The number of carbonyl (C=O) groups excluding carboxylic acids is 1. The van der Waals surface area contributed by atoms with Crippen LogP contribution in [0, 0.1) is 17.8 Å². The first-order chi connectivity index (χ1) is 10.5. The quantitative estimate of drug-likeness (QED) is 0.815. The Morgan fingerprint density at radius 2 is 1.77 bits per heavy atom. The van der Waals surface area contributed by atoms with E-state index in [-0.39, 0.29) is 23.3 Å². The normalized spacial score (nSPS) is 31.6.